The zero-order valence-electron chi connectivity index (χ0n) is 17.0. The van der Waals surface area contributed by atoms with E-state index >= 15 is 0 Å². The van der Waals surface area contributed by atoms with E-state index in [2.05, 4.69) is 19.9 Å². The summed E-state index contributed by atoms with van der Waals surface area (Å²) in [4.78, 5) is 15.0. The molecule has 0 atom stereocenters. The number of H-pyrrole nitrogens is 1. The number of alkyl halides is 3. The second-order valence-corrected chi connectivity index (χ2v) is 7.58. The molecule has 170 valence electrons. The van der Waals surface area contributed by atoms with Crippen molar-refractivity contribution >= 4 is 23.2 Å². The zero-order valence-corrected chi connectivity index (χ0v) is 18.5. The van der Waals surface area contributed by atoms with Gasteiger partial charge in [0.05, 0.1) is 7.11 Å². The summed E-state index contributed by atoms with van der Waals surface area (Å²) >= 11 is 12.2. The monoisotopic (exact) mass is 494 g/mol. The fourth-order valence-electron chi connectivity index (χ4n) is 2.98. The Morgan fingerprint density at radius 1 is 1.00 bits per heavy atom. The number of hydrogen-bond acceptors (Lipinski definition) is 5. The molecule has 4 aromatic rings. The van der Waals surface area contributed by atoms with Crippen LogP contribution in [0, 0.1) is 0 Å². The maximum atomic E-state index is 12.6. The molecule has 0 fully saturated rings. The molecule has 0 bridgehead atoms. The molecular formula is C22H15Cl2F3N4O2. The number of methoxy groups -OCH3 is 1. The van der Waals surface area contributed by atoms with Crippen LogP contribution in [0.4, 0.5) is 13.2 Å². The summed E-state index contributed by atoms with van der Waals surface area (Å²) in [5.41, 5.74) is 1.33. The molecule has 33 heavy (non-hydrogen) atoms. The minimum Gasteiger partial charge on any atom is -0.496 e. The SMILES string of the molecule is COc1cc(OCc2ccc(C(F)(F)F)nc2)ccc1-c1nc(-c2ccc(Cl)nc2)[nH]c1Cl. The molecule has 0 spiro atoms. The summed E-state index contributed by atoms with van der Waals surface area (Å²) in [6.45, 7) is 0.0323. The van der Waals surface area contributed by atoms with Gasteiger partial charge in [0.15, 0.2) is 0 Å². The third-order valence-electron chi connectivity index (χ3n) is 4.61. The Bertz CT molecular complexity index is 1260. The van der Waals surface area contributed by atoms with Crippen molar-refractivity contribution in [2.75, 3.05) is 7.11 Å². The van der Waals surface area contributed by atoms with Crippen LogP contribution in [0.1, 0.15) is 11.3 Å². The fourth-order valence-corrected chi connectivity index (χ4v) is 3.33. The van der Waals surface area contributed by atoms with Gasteiger partial charge < -0.3 is 14.5 Å². The molecule has 3 heterocycles. The molecular weight excluding hydrogens is 480 g/mol. The first-order valence-corrected chi connectivity index (χ1v) is 10.2. The van der Waals surface area contributed by atoms with Gasteiger partial charge in [0.1, 0.15) is 45.6 Å². The highest BCUT2D eigenvalue weighted by Gasteiger charge is 2.32. The van der Waals surface area contributed by atoms with E-state index in [1.807, 2.05) is 0 Å². The van der Waals surface area contributed by atoms with E-state index < -0.39 is 11.9 Å². The summed E-state index contributed by atoms with van der Waals surface area (Å²) in [5.74, 6) is 1.41. The number of nitrogens with one attached hydrogen (secondary N) is 1. The number of nitrogens with zero attached hydrogens (tertiary/aromatic N) is 3. The van der Waals surface area contributed by atoms with E-state index in [9.17, 15) is 13.2 Å². The van der Waals surface area contributed by atoms with E-state index in [1.54, 1.807) is 36.5 Å². The van der Waals surface area contributed by atoms with Crippen LogP contribution in [0.3, 0.4) is 0 Å². The van der Waals surface area contributed by atoms with Gasteiger partial charge in [-0.1, -0.05) is 29.3 Å². The number of rotatable bonds is 6. The minimum absolute atomic E-state index is 0.0323. The normalized spacial score (nSPS) is 11.5. The number of benzene rings is 1. The predicted molar refractivity (Wildman–Crippen MR) is 117 cm³/mol. The third-order valence-corrected chi connectivity index (χ3v) is 5.11. The van der Waals surface area contributed by atoms with Gasteiger partial charge in [-0.15, -0.1) is 0 Å². The first kappa shape index (κ1) is 22.9. The summed E-state index contributed by atoms with van der Waals surface area (Å²) < 4.78 is 49.1. The number of aromatic nitrogens is 4. The number of aromatic amines is 1. The minimum atomic E-state index is -4.49. The van der Waals surface area contributed by atoms with E-state index in [-0.39, 0.29) is 6.61 Å². The zero-order chi connectivity index (χ0) is 23.6. The standard InChI is InChI=1S/C22H15Cl2F3N4O2/c1-32-16-8-14(33-11-12-2-6-17(28-9-12)22(25,26)27)4-5-15(16)19-20(24)31-21(30-19)13-3-7-18(23)29-10-13/h2-10H,11H2,1H3,(H,30,31). The highest BCUT2D eigenvalue weighted by molar-refractivity contribution is 6.32. The maximum Gasteiger partial charge on any atom is 0.433 e. The first-order chi connectivity index (χ1) is 15.7. The lowest BCUT2D eigenvalue weighted by molar-refractivity contribution is -0.141. The molecule has 4 rings (SSSR count). The van der Waals surface area contributed by atoms with Crippen molar-refractivity contribution in [3.63, 3.8) is 0 Å². The highest BCUT2D eigenvalue weighted by atomic mass is 35.5. The van der Waals surface area contributed by atoms with E-state index in [0.29, 0.717) is 50.0 Å². The van der Waals surface area contributed by atoms with Gasteiger partial charge in [-0.25, -0.2) is 9.97 Å². The topological polar surface area (TPSA) is 72.9 Å². The van der Waals surface area contributed by atoms with Crippen LogP contribution >= 0.6 is 23.2 Å². The number of ether oxygens (including phenoxy) is 2. The Morgan fingerprint density at radius 3 is 2.45 bits per heavy atom. The number of imidazole rings is 1. The van der Waals surface area contributed by atoms with Gasteiger partial charge in [0.25, 0.3) is 0 Å². The quantitative estimate of drug-likeness (QED) is 0.312. The summed E-state index contributed by atoms with van der Waals surface area (Å²) in [7, 11) is 1.49. The molecule has 11 heteroatoms. The highest BCUT2D eigenvalue weighted by Crippen LogP contribution is 2.37. The lowest BCUT2D eigenvalue weighted by atomic mass is 10.1. The van der Waals surface area contributed by atoms with Gasteiger partial charge in [-0.05, 0) is 30.3 Å². The van der Waals surface area contributed by atoms with Crippen molar-refractivity contribution in [1.82, 2.24) is 19.9 Å². The molecule has 0 radical (unpaired) electrons. The molecule has 0 aliphatic rings. The van der Waals surface area contributed by atoms with Gasteiger partial charge in [0, 0.05) is 35.2 Å². The largest absolute Gasteiger partial charge is 0.496 e. The van der Waals surface area contributed by atoms with E-state index in [1.165, 1.54) is 13.2 Å². The van der Waals surface area contributed by atoms with Gasteiger partial charge in [-0.3, -0.25) is 4.98 Å². The van der Waals surface area contributed by atoms with Gasteiger partial charge >= 0.3 is 6.18 Å². The second kappa shape index (κ2) is 9.29. The molecule has 0 saturated heterocycles. The predicted octanol–water partition coefficient (Wildman–Crippen LogP) is 6.45. The second-order valence-electron chi connectivity index (χ2n) is 6.82. The van der Waals surface area contributed by atoms with Crippen LogP contribution in [0.15, 0.2) is 54.9 Å². The summed E-state index contributed by atoms with van der Waals surface area (Å²) in [5, 5.41) is 0.670. The van der Waals surface area contributed by atoms with Crippen LogP contribution in [-0.2, 0) is 12.8 Å². The molecule has 0 aliphatic heterocycles. The average molecular weight is 495 g/mol. The average Bonchev–Trinajstić information content (AvgIpc) is 3.19. The van der Waals surface area contributed by atoms with Gasteiger partial charge in [-0.2, -0.15) is 13.2 Å². The summed E-state index contributed by atoms with van der Waals surface area (Å²) in [6.07, 6.45) is -1.78. The lowest BCUT2D eigenvalue weighted by Crippen LogP contribution is -2.08. The molecule has 3 aromatic heterocycles. The Kier molecular flexibility index (Phi) is 6.44. The molecule has 0 amide bonds. The van der Waals surface area contributed by atoms with Crippen molar-refractivity contribution in [2.24, 2.45) is 0 Å². The van der Waals surface area contributed by atoms with Crippen molar-refractivity contribution in [2.45, 2.75) is 12.8 Å². The lowest BCUT2D eigenvalue weighted by Gasteiger charge is -2.11. The molecule has 1 N–H and O–H groups in total. The van der Waals surface area contributed by atoms with Crippen LogP contribution < -0.4 is 9.47 Å². The smallest absolute Gasteiger partial charge is 0.433 e. The third kappa shape index (κ3) is 5.20. The van der Waals surface area contributed by atoms with E-state index in [4.69, 9.17) is 32.7 Å². The Labute approximate surface area is 196 Å². The molecule has 1 aromatic carbocycles. The van der Waals surface area contributed by atoms with Crippen molar-refractivity contribution in [3.8, 4) is 34.1 Å². The van der Waals surface area contributed by atoms with E-state index in [0.717, 1.165) is 12.3 Å². The van der Waals surface area contributed by atoms with Crippen LogP contribution in [-0.4, -0.2) is 27.0 Å². The van der Waals surface area contributed by atoms with Gasteiger partial charge in [0.2, 0.25) is 0 Å². The summed E-state index contributed by atoms with van der Waals surface area (Å²) in [6, 6.07) is 10.7. The van der Waals surface area contributed by atoms with Crippen molar-refractivity contribution in [3.05, 3.63) is 76.4 Å². The Balaban J connectivity index is 1.53. The molecule has 0 unspecified atom stereocenters. The maximum absolute atomic E-state index is 12.6. The van der Waals surface area contributed by atoms with Crippen molar-refractivity contribution in [1.29, 1.82) is 0 Å². The molecule has 0 saturated carbocycles. The van der Waals surface area contributed by atoms with Crippen LogP contribution in [0.25, 0.3) is 22.6 Å². The Hall–Kier alpha value is -3.30. The van der Waals surface area contributed by atoms with Crippen molar-refractivity contribution < 1.29 is 22.6 Å². The first-order valence-electron chi connectivity index (χ1n) is 9.45. The molecule has 6 nitrogen and oxygen atoms in total. The molecule has 0 aliphatic carbocycles. The number of halogens is 5. The Morgan fingerprint density at radius 2 is 1.82 bits per heavy atom. The van der Waals surface area contributed by atoms with Crippen LogP contribution in [0.2, 0.25) is 10.3 Å². The van der Waals surface area contributed by atoms with Crippen LogP contribution in [0.5, 0.6) is 11.5 Å². The number of pyridine rings is 2. The number of hydrogen-bond donors (Lipinski definition) is 1. The fraction of sp³-hybridized carbons (Fsp3) is 0.136.